The fraction of sp³-hybridized carbons (Fsp3) is 0.368. The van der Waals surface area contributed by atoms with Crippen molar-refractivity contribution in [2.24, 2.45) is 0 Å². The summed E-state index contributed by atoms with van der Waals surface area (Å²) in [5.41, 5.74) is 2.78. The molecule has 0 amide bonds. The quantitative estimate of drug-likeness (QED) is 0.905. The smallest absolute Gasteiger partial charge is 0.261 e. The van der Waals surface area contributed by atoms with Crippen LogP contribution in [-0.2, 0) is 10.0 Å². The number of aryl methyl sites for hydroxylation is 1. The van der Waals surface area contributed by atoms with E-state index in [1.165, 1.54) is 19.3 Å². The van der Waals surface area contributed by atoms with E-state index in [0.29, 0.717) is 11.7 Å². The molecule has 3 rings (SSSR count). The van der Waals surface area contributed by atoms with Crippen LogP contribution in [0.3, 0.4) is 0 Å². The highest BCUT2D eigenvalue weighted by Gasteiger charge is 2.19. The molecule has 1 fully saturated rings. The Morgan fingerprint density at radius 3 is 2.29 bits per heavy atom. The van der Waals surface area contributed by atoms with Crippen molar-refractivity contribution in [1.29, 1.82) is 0 Å². The number of sulfonamides is 1. The number of hydrogen-bond acceptors (Lipinski definition) is 3. The predicted molar refractivity (Wildman–Crippen MR) is 99.1 cm³/mol. The number of rotatable bonds is 4. The molecule has 5 heteroatoms. The van der Waals surface area contributed by atoms with E-state index in [1.54, 1.807) is 24.3 Å². The third kappa shape index (κ3) is 3.73. The summed E-state index contributed by atoms with van der Waals surface area (Å²) in [7, 11) is -3.54. The first kappa shape index (κ1) is 16.8. The summed E-state index contributed by atoms with van der Waals surface area (Å²) in [5.74, 6) is 0. The van der Waals surface area contributed by atoms with Crippen LogP contribution >= 0.6 is 0 Å². The van der Waals surface area contributed by atoms with Crippen LogP contribution in [0.1, 0.15) is 31.7 Å². The summed E-state index contributed by atoms with van der Waals surface area (Å²) in [6, 6.07) is 15.1. The minimum atomic E-state index is -3.54. The third-order valence-electron chi connectivity index (χ3n) is 4.59. The molecule has 0 radical (unpaired) electrons. The van der Waals surface area contributed by atoms with Crippen molar-refractivity contribution in [3.63, 3.8) is 0 Å². The molecule has 1 atom stereocenters. The van der Waals surface area contributed by atoms with Crippen molar-refractivity contribution < 1.29 is 8.42 Å². The second-order valence-electron chi connectivity index (χ2n) is 6.50. The fourth-order valence-corrected chi connectivity index (χ4v) is 4.19. The fourth-order valence-electron chi connectivity index (χ4n) is 3.13. The molecule has 1 heterocycles. The van der Waals surface area contributed by atoms with Gasteiger partial charge in [-0.3, -0.25) is 4.72 Å². The van der Waals surface area contributed by atoms with Gasteiger partial charge in [0, 0.05) is 24.0 Å². The molecular formula is C19H24N2O2S. The van der Waals surface area contributed by atoms with E-state index in [0.717, 1.165) is 17.8 Å². The Hall–Kier alpha value is -2.01. The third-order valence-corrected chi connectivity index (χ3v) is 5.98. The predicted octanol–water partition coefficient (Wildman–Crippen LogP) is 4.17. The van der Waals surface area contributed by atoms with Gasteiger partial charge in [0.25, 0.3) is 10.0 Å². The van der Waals surface area contributed by atoms with E-state index < -0.39 is 10.0 Å². The zero-order chi connectivity index (χ0) is 17.2. The molecule has 2 aromatic rings. The second-order valence-corrected chi connectivity index (χ2v) is 8.19. The molecule has 1 N–H and O–H groups in total. The first-order chi connectivity index (χ1) is 11.5. The van der Waals surface area contributed by atoms with Crippen LogP contribution in [0.4, 0.5) is 11.4 Å². The van der Waals surface area contributed by atoms with E-state index in [2.05, 4.69) is 16.5 Å². The molecule has 4 nitrogen and oxygen atoms in total. The molecule has 1 saturated heterocycles. The summed E-state index contributed by atoms with van der Waals surface area (Å²) in [4.78, 5) is 2.67. The minimum Gasteiger partial charge on any atom is -0.369 e. The van der Waals surface area contributed by atoms with Crippen LogP contribution < -0.4 is 9.62 Å². The largest absolute Gasteiger partial charge is 0.369 e. The number of hydrogen-bond donors (Lipinski definition) is 1. The number of nitrogens with zero attached hydrogens (tertiary/aromatic N) is 1. The van der Waals surface area contributed by atoms with Crippen LogP contribution in [0.25, 0.3) is 0 Å². The van der Waals surface area contributed by atoms with E-state index >= 15 is 0 Å². The molecule has 0 saturated carbocycles. The highest BCUT2D eigenvalue weighted by Crippen LogP contribution is 2.26. The van der Waals surface area contributed by atoms with Gasteiger partial charge in [0.15, 0.2) is 0 Å². The molecule has 24 heavy (non-hydrogen) atoms. The van der Waals surface area contributed by atoms with Gasteiger partial charge < -0.3 is 4.90 Å². The normalized spacial score (nSPS) is 18.4. The average molecular weight is 344 g/mol. The maximum atomic E-state index is 12.4. The molecule has 128 valence electrons. The lowest BCUT2D eigenvalue weighted by molar-refractivity contribution is 0.485. The van der Waals surface area contributed by atoms with E-state index in [4.69, 9.17) is 0 Å². The Morgan fingerprint density at radius 2 is 1.67 bits per heavy atom. The standard InChI is InChI=1S/C19H24N2O2S/c1-15-6-12-19(13-7-15)24(22,23)20-17-8-10-18(11-9-17)21-14-4-3-5-16(21)2/h6-13,16,20H,3-5,14H2,1-2H3. The molecule has 1 aliphatic heterocycles. The zero-order valence-corrected chi connectivity index (χ0v) is 15.0. The van der Waals surface area contributed by atoms with Gasteiger partial charge in [0.2, 0.25) is 0 Å². The maximum absolute atomic E-state index is 12.4. The average Bonchev–Trinajstić information content (AvgIpc) is 2.56. The molecule has 1 unspecified atom stereocenters. The Kier molecular flexibility index (Phi) is 4.81. The van der Waals surface area contributed by atoms with Crippen molar-refractivity contribution in [3.05, 3.63) is 54.1 Å². The Labute approximate surface area is 144 Å². The number of benzene rings is 2. The van der Waals surface area contributed by atoms with Gasteiger partial charge in [-0.05, 0) is 69.5 Å². The van der Waals surface area contributed by atoms with Gasteiger partial charge in [-0.2, -0.15) is 0 Å². The first-order valence-corrected chi connectivity index (χ1v) is 9.90. The van der Waals surface area contributed by atoms with Crippen LogP contribution in [0.15, 0.2) is 53.4 Å². The molecule has 0 aromatic heterocycles. The Morgan fingerprint density at radius 1 is 1.00 bits per heavy atom. The number of anilines is 2. The highest BCUT2D eigenvalue weighted by molar-refractivity contribution is 7.92. The second kappa shape index (κ2) is 6.85. The van der Waals surface area contributed by atoms with Crippen molar-refractivity contribution in [2.75, 3.05) is 16.2 Å². The SMILES string of the molecule is Cc1ccc(S(=O)(=O)Nc2ccc(N3CCCCC3C)cc2)cc1. The van der Waals surface area contributed by atoms with Gasteiger partial charge in [-0.25, -0.2) is 8.42 Å². The first-order valence-electron chi connectivity index (χ1n) is 8.42. The monoisotopic (exact) mass is 344 g/mol. The van der Waals surface area contributed by atoms with Gasteiger partial charge in [-0.15, -0.1) is 0 Å². The van der Waals surface area contributed by atoms with Gasteiger partial charge in [-0.1, -0.05) is 17.7 Å². The summed E-state index contributed by atoms with van der Waals surface area (Å²) >= 11 is 0. The molecule has 0 bridgehead atoms. The Bertz CT molecular complexity index is 783. The molecule has 0 aliphatic carbocycles. The number of nitrogens with one attached hydrogen (secondary N) is 1. The Balaban J connectivity index is 1.75. The summed E-state index contributed by atoms with van der Waals surface area (Å²) < 4.78 is 27.5. The van der Waals surface area contributed by atoms with Crippen LogP contribution in [0.5, 0.6) is 0 Å². The van der Waals surface area contributed by atoms with Crippen molar-refractivity contribution in [2.45, 2.75) is 44.0 Å². The van der Waals surface area contributed by atoms with Gasteiger partial charge in [0.05, 0.1) is 4.90 Å². The molecular weight excluding hydrogens is 320 g/mol. The molecule has 2 aromatic carbocycles. The lowest BCUT2D eigenvalue weighted by Crippen LogP contribution is -2.37. The van der Waals surface area contributed by atoms with Crippen molar-refractivity contribution in [3.8, 4) is 0 Å². The van der Waals surface area contributed by atoms with Gasteiger partial charge in [0.1, 0.15) is 0 Å². The molecule has 1 aliphatic rings. The van der Waals surface area contributed by atoms with Crippen LogP contribution in [-0.4, -0.2) is 21.0 Å². The number of piperidine rings is 1. The topological polar surface area (TPSA) is 49.4 Å². The summed E-state index contributed by atoms with van der Waals surface area (Å²) in [5, 5.41) is 0. The summed E-state index contributed by atoms with van der Waals surface area (Å²) in [6.07, 6.45) is 3.71. The minimum absolute atomic E-state index is 0.279. The molecule has 0 spiro atoms. The van der Waals surface area contributed by atoms with Crippen LogP contribution in [0, 0.1) is 6.92 Å². The van der Waals surface area contributed by atoms with E-state index in [-0.39, 0.29) is 4.90 Å². The summed E-state index contributed by atoms with van der Waals surface area (Å²) in [6.45, 7) is 5.24. The lowest BCUT2D eigenvalue weighted by atomic mass is 10.0. The van der Waals surface area contributed by atoms with E-state index in [9.17, 15) is 8.42 Å². The van der Waals surface area contributed by atoms with Crippen LogP contribution in [0.2, 0.25) is 0 Å². The lowest BCUT2D eigenvalue weighted by Gasteiger charge is -2.35. The van der Waals surface area contributed by atoms with Crippen molar-refractivity contribution in [1.82, 2.24) is 0 Å². The highest BCUT2D eigenvalue weighted by atomic mass is 32.2. The maximum Gasteiger partial charge on any atom is 0.261 e. The van der Waals surface area contributed by atoms with Crippen molar-refractivity contribution >= 4 is 21.4 Å². The zero-order valence-electron chi connectivity index (χ0n) is 14.2. The van der Waals surface area contributed by atoms with Gasteiger partial charge >= 0.3 is 0 Å². The van der Waals surface area contributed by atoms with E-state index in [1.807, 2.05) is 31.2 Å².